The second-order valence-corrected chi connectivity index (χ2v) is 13.0. The Labute approximate surface area is 226 Å². The monoisotopic (exact) mass is 532 g/mol. The maximum atomic E-state index is 11.2. The summed E-state index contributed by atoms with van der Waals surface area (Å²) >= 11 is 0. The molecule has 0 aliphatic heterocycles. The lowest BCUT2D eigenvalue weighted by molar-refractivity contribution is -0.128. The molecule has 0 aliphatic rings. The van der Waals surface area contributed by atoms with E-state index in [-0.39, 0.29) is 64.4 Å². The SMILES string of the molecule is CC(C)(C)C(=O)CCN.CC(C)(C)C(=O)CN.CC(C)(C)C(=O)[C@@H](N)CN.CC(C)(C)C(=O)[C@H](N)CN. The zero-order chi connectivity index (χ0) is 31.0. The number of rotatable bonds is 7. The molecule has 10 heteroatoms. The van der Waals surface area contributed by atoms with E-state index in [1.54, 1.807) is 0 Å². The summed E-state index contributed by atoms with van der Waals surface area (Å²) in [6, 6.07) is -1.00. The predicted molar refractivity (Wildman–Crippen MR) is 155 cm³/mol. The number of carbonyl (C=O) groups is 4. The highest BCUT2D eigenvalue weighted by Gasteiger charge is 2.26. The smallest absolute Gasteiger partial charge is 0.156 e. The Balaban J connectivity index is -0.000000197. The van der Waals surface area contributed by atoms with E-state index in [0.29, 0.717) is 13.0 Å². The van der Waals surface area contributed by atoms with Crippen molar-refractivity contribution in [2.45, 2.75) is 102 Å². The normalized spacial score (nSPS) is 13.4. The summed E-state index contributed by atoms with van der Waals surface area (Å²) in [6.07, 6.45) is 0.503. The lowest BCUT2D eigenvalue weighted by atomic mass is 9.87. The minimum Gasteiger partial charge on any atom is -0.330 e. The van der Waals surface area contributed by atoms with Gasteiger partial charge in [-0.15, -0.1) is 0 Å². The first-order valence-corrected chi connectivity index (χ1v) is 12.7. The molecule has 0 aliphatic carbocycles. The third-order valence-electron chi connectivity index (χ3n) is 4.89. The van der Waals surface area contributed by atoms with Gasteiger partial charge in [-0.25, -0.2) is 0 Å². The van der Waals surface area contributed by atoms with E-state index in [9.17, 15) is 19.2 Å². The van der Waals surface area contributed by atoms with E-state index in [2.05, 4.69) is 0 Å². The molecular formula is C27H60N6O4. The molecule has 0 radical (unpaired) electrons. The van der Waals surface area contributed by atoms with Gasteiger partial charge in [0.1, 0.15) is 5.78 Å². The highest BCUT2D eigenvalue weighted by Crippen LogP contribution is 2.17. The van der Waals surface area contributed by atoms with E-state index in [0.717, 1.165) is 0 Å². The first-order chi connectivity index (χ1) is 16.2. The fourth-order valence-corrected chi connectivity index (χ4v) is 2.14. The van der Waals surface area contributed by atoms with Crippen LogP contribution in [0.15, 0.2) is 0 Å². The van der Waals surface area contributed by atoms with E-state index in [4.69, 9.17) is 34.4 Å². The zero-order valence-electron chi connectivity index (χ0n) is 25.8. The van der Waals surface area contributed by atoms with Crippen molar-refractivity contribution in [1.29, 1.82) is 0 Å². The minimum absolute atomic E-state index is 0.0231. The van der Waals surface area contributed by atoms with Crippen LogP contribution in [0.5, 0.6) is 0 Å². The topological polar surface area (TPSA) is 224 Å². The molecule has 10 nitrogen and oxygen atoms in total. The van der Waals surface area contributed by atoms with Crippen LogP contribution in [-0.2, 0) is 19.2 Å². The number of Topliss-reactive ketones (excluding diaryl/α,β-unsaturated/α-hetero) is 4. The van der Waals surface area contributed by atoms with Crippen molar-refractivity contribution in [1.82, 2.24) is 0 Å². The second-order valence-electron chi connectivity index (χ2n) is 13.0. The van der Waals surface area contributed by atoms with Gasteiger partial charge in [-0.05, 0) is 6.54 Å². The molecular weight excluding hydrogens is 472 g/mol. The van der Waals surface area contributed by atoms with Gasteiger partial charge in [-0.1, -0.05) is 83.1 Å². The van der Waals surface area contributed by atoms with Gasteiger partial charge in [0, 0.05) is 41.2 Å². The summed E-state index contributed by atoms with van der Waals surface area (Å²) in [6.45, 7) is 23.4. The van der Waals surface area contributed by atoms with Crippen LogP contribution in [0.4, 0.5) is 0 Å². The van der Waals surface area contributed by atoms with Crippen molar-refractivity contribution < 1.29 is 19.2 Å². The largest absolute Gasteiger partial charge is 0.330 e. The fraction of sp³-hybridized carbons (Fsp3) is 0.852. The van der Waals surface area contributed by atoms with Crippen molar-refractivity contribution in [3.63, 3.8) is 0 Å². The van der Waals surface area contributed by atoms with Gasteiger partial charge in [-0.2, -0.15) is 0 Å². The molecule has 37 heavy (non-hydrogen) atoms. The molecule has 0 bridgehead atoms. The summed E-state index contributed by atoms with van der Waals surface area (Å²) in [5.41, 5.74) is 30.4. The Morgan fingerprint density at radius 1 is 0.514 bits per heavy atom. The molecule has 0 heterocycles. The molecule has 0 aromatic heterocycles. The van der Waals surface area contributed by atoms with E-state index >= 15 is 0 Å². The zero-order valence-corrected chi connectivity index (χ0v) is 25.8. The molecule has 0 amide bonds. The quantitative estimate of drug-likeness (QED) is 0.275. The minimum atomic E-state index is -0.500. The lowest BCUT2D eigenvalue weighted by Crippen LogP contribution is -2.43. The Kier molecular flexibility index (Phi) is 21.4. The van der Waals surface area contributed by atoms with Crippen LogP contribution < -0.4 is 34.4 Å². The summed E-state index contributed by atoms with van der Waals surface area (Å²) < 4.78 is 0. The highest BCUT2D eigenvalue weighted by molar-refractivity contribution is 5.89. The van der Waals surface area contributed by atoms with E-state index in [1.807, 2.05) is 83.1 Å². The average Bonchev–Trinajstić information content (AvgIpc) is 2.75. The molecule has 0 saturated heterocycles. The molecule has 0 rings (SSSR count). The van der Waals surface area contributed by atoms with Crippen molar-refractivity contribution in [3.8, 4) is 0 Å². The van der Waals surface area contributed by atoms with Gasteiger partial charge >= 0.3 is 0 Å². The molecule has 0 aromatic carbocycles. The standard InChI is InChI=1S/2C7H16N2O.C7H15NO.C6H13NO/c2*1-7(2,3)6(10)5(9)4-8;1-7(2,3)6(9)4-5-8;1-6(2,3)5(8)4-7/h2*5H,4,8-9H2,1-3H3;4-5,8H2,1-3H3;4,7H2,1-3H3/t2*5-;;/m10../s1. The van der Waals surface area contributed by atoms with Gasteiger partial charge < -0.3 is 34.4 Å². The average molecular weight is 533 g/mol. The summed E-state index contributed by atoms with van der Waals surface area (Å²) in [7, 11) is 0. The van der Waals surface area contributed by atoms with Crippen molar-refractivity contribution in [2.75, 3.05) is 26.2 Å². The Morgan fingerprint density at radius 2 is 0.784 bits per heavy atom. The van der Waals surface area contributed by atoms with Crippen LogP contribution in [0.1, 0.15) is 89.5 Å². The van der Waals surface area contributed by atoms with Crippen molar-refractivity contribution in [2.24, 2.45) is 56.1 Å². The Bertz CT molecular complexity index is 649. The molecule has 0 aromatic rings. The molecule has 0 saturated carbocycles. The highest BCUT2D eigenvalue weighted by atomic mass is 16.1. The first-order valence-electron chi connectivity index (χ1n) is 12.7. The number of carbonyl (C=O) groups excluding carboxylic acids is 4. The van der Waals surface area contributed by atoms with Crippen molar-refractivity contribution in [3.05, 3.63) is 0 Å². The Hall–Kier alpha value is -1.56. The van der Waals surface area contributed by atoms with Gasteiger partial charge in [0.15, 0.2) is 17.3 Å². The lowest BCUT2D eigenvalue weighted by Gasteiger charge is -2.20. The number of hydrogen-bond acceptors (Lipinski definition) is 10. The fourth-order valence-electron chi connectivity index (χ4n) is 2.14. The summed E-state index contributed by atoms with van der Waals surface area (Å²) in [4.78, 5) is 44.1. The molecule has 2 atom stereocenters. The van der Waals surface area contributed by atoms with E-state index in [1.165, 1.54) is 0 Å². The van der Waals surface area contributed by atoms with Crippen molar-refractivity contribution >= 4 is 23.1 Å². The maximum absolute atomic E-state index is 11.2. The number of nitrogens with two attached hydrogens (primary N) is 6. The Morgan fingerprint density at radius 3 is 0.838 bits per heavy atom. The number of hydrogen-bond donors (Lipinski definition) is 6. The molecule has 0 fully saturated rings. The van der Waals surface area contributed by atoms with Crippen LogP contribution >= 0.6 is 0 Å². The van der Waals surface area contributed by atoms with Gasteiger partial charge in [0.05, 0.1) is 18.6 Å². The molecule has 222 valence electrons. The van der Waals surface area contributed by atoms with Gasteiger partial charge in [-0.3, -0.25) is 19.2 Å². The van der Waals surface area contributed by atoms with Gasteiger partial charge in [0.2, 0.25) is 0 Å². The molecule has 0 spiro atoms. The maximum Gasteiger partial charge on any atom is 0.156 e. The number of ketones is 4. The summed E-state index contributed by atoms with van der Waals surface area (Å²) in [5.74, 6) is 0.396. The first kappa shape index (κ1) is 42.5. The van der Waals surface area contributed by atoms with E-state index < -0.39 is 12.1 Å². The third-order valence-corrected chi connectivity index (χ3v) is 4.89. The molecule has 12 N–H and O–H groups in total. The predicted octanol–water partition coefficient (Wildman–Crippen LogP) is 1.29. The van der Waals surface area contributed by atoms with Crippen LogP contribution in [0, 0.1) is 21.7 Å². The second kappa shape index (κ2) is 18.7. The van der Waals surface area contributed by atoms with Gasteiger partial charge in [0.25, 0.3) is 0 Å². The van der Waals surface area contributed by atoms with Crippen LogP contribution in [-0.4, -0.2) is 61.4 Å². The summed E-state index contributed by atoms with van der Waals surface area (Å²) in [5, 5.41) is 0. The molecule has 0 unspecified atom stereocenters. The van der Waals surface area contributed by atoms with Crippen LogP contribution in [0.3, 0.4) is 0 Å². The van der Waals surface area contributed by atoms with Crippen LogP contribution in [0.25, 0.3) is 0 Å². The van der Waals surface area contributed by atoms with Crippen LogP contribution in [0.2, 0.25) is 0 Å². The third kappa shape index (κ3) is 23.3.